The molecule has 0 fully saturated rings. The lowest BCUT2D eigenvalue weighted by Crippen LogP contribution is -1.99. The van der Waals surface area contributed by atoms with Crippen molar-refractivity contribution in [1.29, 1.82) is 0 Å². The Kier molecular flexibility index (Phi) is 1.55. The van der Waals surface area contributed by atoms with Crippen LogP contribution in [-0.4, -0.2) is 0 Å². The van der Waals surface area contributed by atoms with Crippen LogP contribution in [0.4, 0.5) is 10.7 Å². The maximum absolute atomic E-state index is 5.93. The average molecular weight is 187 g/mol. The number of anilines is 2. The molecule has 58 valence electrons. The average Bonchev–Trinajstić information content (AvgIpc) is 2.30. The molecule has 2 rings (SSSR count). The first-order valence-corrected chi connectivity index (χ1v) is 4.45. The zero-order valence-corrected chi connectivity index (χ0v) is 7.51. The zero-order chi connectivity index (χ0) is 7.84. The van der Waals surface area contributed by atoms with E-state index in [4.69, 9.17) is 11.6 Å². The Bertz CT molecular complexity index is 316. The van der Waals surface area contributed by atoms with Crippen LogP contribution in [0.2, 0.25) is 4.34 Å². The molecular formula is C7H7ClN2S. The Morgan fingerprint density at radius 1 is 1.36 bits per heavy atom. The Hall–Kier alpha value is -0.670. The molecule has 1 aromatic rings. The van der Waals surface area contributed by atoms with Crippen LogP contribution in [-0.2, 0) is 0 Å². The SMILES string of the molecule is Cc1c(Cl)sc2c1NC=CN2. The van der Waals surface area contributed by atoms with Gasteiger partial charge in [0.25, 0.3) is 0 Å². The number of hydrogen-bond donors (Lipinski definition) is 2. The second-order valence-electron chi connectivity index (χ2n) is 2.33. The number of halogens is 1. The minimum atomic E-state index is 0.846. The normalized spacial score (nSPS) is 13.6. The molecule has 0 amide bonds. The maximum atomic E-state index is 5.93. The summed E-state index contributed by atoms with van der Waals surface area (Å²) >= 11 is 7.49. The van der Waals surface area contributed by atoms with E-state index < -0.39 is 0 Å². The summed E-state index contributed by atoms with van der Waals surface area (Å²) in [5.74, 6) is 0. The van der Waals surface area contributed by atoms with Gasteiger partial charge in [0.2, 0.25) is 0 Å². The molecule has 0 aromatic carbocycles. The molecule has 1 aromatic heterocycles. The molecule has 0 aliphatic carbocycles. The lowest BCUT2D eigenvalue weighted by atomic mass is 10.3. The van der Waals surface area contributed by atoms with E-state index in [1.54, 1.807) is 11.3 Å². The van der Waals surface area contributed by atoms with Crippen molar-refractivity contribution in [1.82, 2.24) is 0 Å². The van der Waals surface area contributed by atoms with Crippen LogP contribution < -0.4 is 10.6 Å². The summed E-state index contributed by atoms with van der Waals surface area (Å²) in [4.78, 5) is 0. The van der Waals surface area contributed by atoms with Gasteiger partial charge in [-0.15, -0.1) is 11.3 Å². The van der Waals surface area contributed by atoms with Crippen LogP contribution in [0.15, 0.2) is 12.4 Å². The van der Waals surface area contributed by atoms with Crippen LogP contribution in [0.5, 0.6) is 0 Å². The Labute approximate surface area is 73.9 Å². The molecule has 1 aliphatic rings. The van der Waals surface area contributed by atoms with Crippen LogP contribution in [0.25, 0.3) is 0 Å². The molecule has 0 radical (unpaired) electrons. The number of rotatable bonds is 0. The van der Waals surface area contributed by atoms with Crippen molar-refractivity contribution in [2.24, 2.45) is 0 Å². The monoisotopic (exact) mass is 186 g/mol. The second-order valence-corrected chi connectivity index (χ2v) is 3.95. The standard InChI is InChI=1S/C7H7ClN2S/c1-4-5-7(11-6(4)8)10-3-2-9-5/h2-3,9-10H,1H3. The van der Waals surface area contributed by atoms with Gasteiger partial charge in [0.1, 0.15) is 9.34 Å². The minimum absolute atomic E-state index is 0.846. The van der Waals surface area contributed by atoms with Gasteiger partial charge in [-0.25, -0.2) is 0 Å². The van der Waals surface area contributed by atoms with Crippen LogP contribution in [0.1, 0.15) is 5.56 Å². The van der Waals surface area contributed by atoms with Crippen LogP contribution >= 0.6 is 22.9 Å². The zero-order valence-electron chi connectivity index (χ0n) is 5.94. The molecular weight excluding hydrogens is 180 g/mol. The number of hydrogen-bond acceptors (Lipinski definition) is 3. The highest BCUT2D eigenvalue weighted by Crippen LogP contribution is 2.41. The largest absolute Gasteiger partial charge is 0.358 e. The summed E-state index contributed by atoms with van der Waals surface area (Å²) in [7, 11) is 0. The summed E-state index contributed by atoms with van der Waals surface area (Å²) in [5, 5.41) is 7.34. The summed E-state index contributed by atoms with van der Waals surface area (Å²) in [6.07, 6.45) is 3.72. The lowest BCUT2D eigenvalue weighted by Gasteiger charge is -2.09. The van der Waals surface area contributed by atoms with Gasteiger partial charge < -0.3 is 10.6 Å². The topological polar surface area (TPSA) is 24.1 Å². The molecule has 0 saturated heterocycles. The van der Waals surface area contributed by atoms with Crippen molar-refractivity contribution in [2.45, 2.75) is 6.92 Å². The molecule has 2 N–H and O–H groups in total. The van der Waals surface area contributed by atoms with Crippen molar-refractivity contribution < 1.29 is 0 Å². The molecule has 1 aliphatic heterocycles. The highest BCUT2D eigenvalue weighted by atomic mass is 35.5. The third kappa shape index (κ3) is 1.01. The molecule has 0 unspecified atom stereocenters. The lowest BCUT2D eigenvalue weighted by molar-refractivity contribution is 1.45. The smallest absolute Gasteiger partial charge is 0.118 e. The minimum Gasteiger partial charge on any atom is -0.358 e. The summed E-state index contributed by atoms with van der Waals surface area (Å²) in [6.45, 7) is 2.01. The van der Waals surface area contributed by atoms with Gasteiger partial charge in [0, 0.05) is 18.0 Å². The predicted molar refractivity (Wildman–Crippen MR) is 50.5 cm³/mol. The van der Waals surface area contributed by atoms with E-state index in [1.165, 1.54) is 0 Å². The van der Waals surface area contributed by atoms with Gasteiger partial charge in [-0.05, 0) is 6.92 Å². The Balaban J connectivity index is 2.55. The second kappa shape index (κ2) is 2.43. The molecule has 0 saturated carbocycles. The van der Waals surface area contributed by atoms with E-state index in [-0.39, 0.29) is 0 Å². The van der Waals surface area contributed by atoms with Gasteiger partial charge >= 0.3 is 0 Å². The molecule has 4 heteroatoms. The molecule has 0 bridgehead atoms. The van der Waals surface area contributed by atoms with Crippen LogP contribution in [0, 0.1) is 6.92 Å². The first-order chi connectivity index (χ1) is 5.29. The Morgan fingerprint density at radius 2 is 2.09 bits per heavy atom. The highest BCUT2D eigenvalue weighted by Gasteiger charge is 2.13. The highest BCUT2D eigenvalue weighted by molar-refractivity contribution is 7.20. The number of nitrogens with one attached hydrogen (secondary N) is 2. The van der Waals surface area contributed by atoms with E-state index in [0.717, 1.165) is 20.6 Å². The summed E-state index contributed by atoms with van der Waals surface area (Å²) < 4.78 is 0.846. The van der Waals surface area contributed by atoms with Crippen molar-refractivity contribution in [2.75, 3.05) is 10.6 Å². The van der Waals surface area contributed by atoms with E-state index in [1.807, 2.05) is 19.3 Å². The van der Waals surface area contributed by atoms with Crippen molar-refractivity contribution in [3.63, 3.8) is 0 Å². The quantitative estimate of drug-likeness (QED) is 0.651. The number of fused-ring (bicyclic) bond motifs is 1. The molecule has 0 spiro atoms. The van der Waals surface area contributed by atoms with Gasteiger partial charge in [-0.2, -0.15) is 0 Å². The third-order valence-corrected chi connectivity index (χ3v) is 3.14. The first kappa shape index (κ1) is 7.00. The van der Waals surface area contributed by atoms with Gasteiger partial charge in [-0.3, -0.25) is 0 Å². The summed E-state index contributed by atoms with van der Waals surface area (Å²) in [6, 6.07) is 0. The van der Waals surface area contributed by atoms with E-state index in [2.05, 4.69) is 10.6 Å². The van der Waals surface area contributed by atoms with Gasteiger partial charge in [0.15, 0.2) is 0 Å². The fourth-order valence-electron chi connectivity index (χ4n) is 1.00. The van der Waals surface area contributed by atoms with Crippen molar-refractivity contribution >= 4 is 33.6 Å². The Morgan fingerprint density at radius 3 is 2.82 bits per heavy atom. The van der Waals surface area contributed by atoms with E-state index in [0.29, 0.717) is 0 Å². The maximum Gasteiger partial charge on any atom is 0.118 e. The first-order valence-electron chi connectivity index (χ1n) is 3.26. The third-order valence-electron chi connectivity index (χ3n) is 1.61. The predicted octanol–water partition coefficient (Wildman–Crippen LogP) is 3.02. The van der Waals surface area contributed by atoms with Gasteiger partial charge in [-0.1, -0.05) is 11.6 Å². The fourth-order valence-corrected chi connectivity index (χ4v) is 2.20. The van der Waals surface area contributed by atoms with Gasteiger partial charge in [0.05, 0.1) is 5.69 Å². The molecule has 0 atom stereocenters. The van der Waals surface area contributed by atoms with Crippen LogP contribution in [0.3, 0.4) is 0 Å². The molecule has 2 heterocycles. The molecule has 2 nitrogen and oxygen atoms in total. The molecule has 11 heavy (non-hydrogen) atoms. The number of thiophene rings is 1. The van der Waals surface area contributed by atoms with Crippen molar-refractivity contribution in [3.05, 3.63) is 22.3 Å². The van der Waals surface area contributed by atoms with Crippen molar-refractivity contribution in [3.8, 4) is 0 Å². The summed E-state index contributed by atoms with van der Waals surface area (Å²) in [5.41, 5.74) is 2.21. The van der Waals surface area contributed by atoms with E-state index >= 15 is 0 Å². The fraction of sp³-hybridized carbons (Fsp3) is 0.143. The van der Waals surface area contributed by atoms with E-state index in [9.17, 15) is 0 Å².